The van der Waals surface area contributed by atoms with Crippen molar-refractivity contribution < 1.29 is 28.0 Å². The number of halogens is 3. The Morgan fingerprint density at radius 2 is 1.94 bits per heavy atom. The molecule has 0 spiro atoms. The number of hydrogen-bond donors (Lipinski definition) is 2. The van der Waals surface area contributed by atoms with Gasteiger partial charge in [-0.25, -0.2) is 0 Å². The van der Waals surface area contributed by atoms with Crippen LogP contribution in [0.25, 0.3) is 0 Å². The van der Waals surface area contributed by atoms with Gasteiger partial charge in [0.1, 0.15) is 5.75 Å². The zero-order valence-electron chi connectivity index (χ0n) is 8.45. The number of aryl methyl sites for hydroxylation is 1. The molecular weight excluding hydrogens is 224 g/mol. The maximum absolute atomic E-state index is 12.0. The monoisotopic (exact) mass is 234 g/mol. The third kappa shape index (κ3) is 3.43. The minimum Gasteiger partial charge on any atom is -0.423 e. The molecule has 0 saturated carbocycles. The summed E-state index contributed by atoms with van der Waals surface area (Å²) in [6.07, 6.45) is -4.33. The van der Waals surface area contributed by atoms with Crippen LogP contribution in [0.2, 0.25) is 0 Å². The Balaban J connectivity index is 3.10. The Hall–Kier alpha value is -1.21. The van der Waals surface area contributed by atoms with E-state index in [9.17, 15) is 13.2 Å². The van der Waals surface area contributed by atoms with Gasteiger partial charge in [-0.2, -0.15) is 0 Å². The van der Waals surface area contributed by atoms with Gasteiger partial charge in [0.15, 0.2) is 0 Å². The minimum atomic E-state index is -4.85. The number of ether oxygens (including phenoxy) is 1. The summed E-state index contributed by atoms with van der Waals surface area (Å²) in [6.45, 7) is 1.77. The molecule has 0 amide bonds. The Morgan fingerprint density at radius 1 is 1.31 bits per heavy atom. The molecule has 0 saturated heterocycles. The van der Waals surface area contributed by atoms with Crippen molar-refractivity contribution in [3.63, 3.8) is 0 Å². The average molecular weight is 234 g/mol. The summed E-state index contributed by atoms with van der Waals surface area (Å²) in [5, 5.41) is 17.7. The van der Waals surface area contributed by atoms with E-state index in [0.29, 0.717) is 12.0 Å². The molecule has 3 nitrogen and oxygen atoms in total. The van der Waals surface area contributed by atoms with Gasteiger partial charge in [-0.15, -0.1) is 13.2 Å². The average Bonchev–Trinajstić information content (AvgIpc) is 2.14. The van der Waals surface area contributed by atoms with Gasteiger partial charge in [-0.05, 0) is 18.1 Å². The molecule has 0 heterocycles. The van der Waals surface area contributed by atoms with Crippen molar-refractivity contribution in [3.05, 3.63) is 23.8 Å². The molecule has 0 aliphatic rings. The molecule has 0 atom stereocenters. The lowest BCUT2D eigenvalue weighted by Gasteiger charge is -2.13. The molecule has 0 radical (unpaired) electrons. The van der Waals surface area contributed by atoms with Gasteiger partial charge in [-0.3, -0.25) is 0 Å². The second kappa shape index (κ2) is 4.75. The fourth-order valence-corrected chi connectivity index (χ4v) is 1.23. The first-order valence-corrected chi connectivity index (χ1v) is 4.58. The van der Waals surface area contributed by atoms with Crippen LogP contribution in [0.1, 0.15) is 12.5 Å². The molecule has 0 aliphatic carbocycles. The highest BCUT2D eigenvalue weighted by Gasteiger charge is 2.33. The van der Waals surface area contributed by atoms with Crippen LogP contribution in [0.4, 0.5) is 13.2 Å². The van der Waals surface area contributed by atoms with E-state index in [1.807, 2.05) is 0 Å². The van der Waals surface area contributed by atoms with Gasteiger partial charge in [0.25, 0.3) is 0 Å². The van der Waals surface area contributed by atoms with Crippen LogP contribution >= 0.6 is 0 Å². The third-order valence-electron chi connectivity index (χ3n) is 1.99. The van der Waals surface area contributed by atoms with Crippen LogP contribution in [-0.2, 0) is 6.42 Å². The quantitative estimate of drug-likeness (QED) is 0.761. The molecule has 1 aromatic rings. The van der Waals surface area contributed by atoms with Crippen molar-refractivity contribution in [2.45, 2.75) is 19.7 Å². The zero-order valence-corrected chi connectivity index (χ0v) is 8.45. The van der Waals surface area contributed by atoms with Crippen molar-refractivity contribution in [1.82, 2.24) is 0 Å². The zero-order chi connectivity index (χ0) is 12.3. The first-order valence-electron chi connectivity index (χ1n) is 4.58. The van der Waals surface area contributed by atoms with Gasteiger partial charge in [-0.1, -0.05) is 19.1 Å². The molecular formula is C9H10BF3O3. The second-order valence-electron chi connectivity index (χ2n) is 3.15. The van der Waals surface area contributed by atoms with Crippen molar-refractivity contribution in [1.29, 1.82) is 0 Å². The molecule has 16 heavy (non-hydrogen) atoms. The van der Waals surface area contributed by atoms with Gasteiger partial charge in [0, 0.05) is 5.46 Å². The van der Waals surface area contributed by atoms with E-state index < -0.39 is 19.2 Å². The molecule has 7 heteroatoms. The van der Waals surface area contributed by atoms with Gasteiger partial charge in [0.05, 0.1) is 0 Å². The fraction of sp³-hybridized carbons (Fsp3) is 0.333. The van der Waals surface area contributed by atoms with Crippen LogP contribution in [-0.4, -0.2) is 23.5 Å². The van der Waals surface area contributed by atoms with E-state index in [0.717, 1.165) is 6.07 Å². The fourth-order valence-electron chi connectivity index (χ4n) is 1.23. The Bertz CT molecular complexity index is 366. The summed E-state index contributed by atoms with van der Waals surface area (Å²) in [7, 11) is -2.00. The Labute approximate surface area is 90.6 Å². The van der Waals surface area contributed by atoms with Gasteiger partial charge >= 0.3 is 13.5 Å². The predicted octanol–water partition coefficient (Wildman–Crippen LogP) is 0.827. The first-order chi connectivity index (χ1) is 7.33. The standard InChI is InChI=1S/C9H10BF3O3/c1-2-6-3-4-7(10(14)15)8(5-6)16-9(11,12)13/h3-5,14-15H,2H2,1H3. The van der Waals surface area contributed by atoms with Crippen molar-refractivity contribution in [2.75, 3.05) is 0 Å². The van der Waals surface area contributed by atoms with E-state index in [-0.39, 0.29) is 5.46 Å². The molecule has 0 aliphatic heterocycles. The lowest BCUT2D eigenvalue weighted by Crippen LogP contribution is -2.33. The number of benzene rings is 1. The smallest absolute Gasteiger partial charge is 0.423 e. The van der Waals surface area contributed by atoms with Crippen molar-refractivity contribution >= 4 is 12.6 Å². The number of rotatable bonds is 3. The van der Waals surface area contributed by atoms with Crippen LogP contribution in [0.5, 0.6) is 5.75 Å². The number of hydrogen-bond acceptors (Lipinski definition) is 3. The van der Waals surface area contributed by atoms with Gasteiger partial charge in [0.2, 0.25) is 0 Å². The summed E-state index contributed by atoms with van der Waals surface area (Å²) in [4.78, 5) is 0. The van der Waals surface area contributed by atoms with E-state index >= 15 is 0 Å². The number of alkyl halides is 3. The minimum absolute atomic E-state index is 0.311. The largest absolute Gasteiger partial charge is 0.573 e. The maximum atomic E-state index is 12.0. The molecule has 88 valence electrons. The van der Waals surface area contributed by atoms with Crippen LogP contribution in [0, 0.1) is 0 Å². The summed E-state index contributed by atoms with van der Waals surface area (Å²) < 4.78 is 39.8. The topological polar surface area (TPSA) is 49.7 Å². The molecule has 0 unspecified atom stereocenters. The SMILES string of the molecule is CCc1ccc(B(O)O)c(OC(F)(F)F)c1. The highest BCUT2D eigenvalue weighted by Crippen LogP contribution is 2.22. The normalized spacial score (nSPS) is 11.4. The van der Waals surface area contributed by atoms with Crippen molar-refractivity contribution in [2.24, 2.45) is 0 Å². The summed E-state index contributed by atoms with van der Waals surface area (Å²) >= 11 is 0. The van der Waals surface area contributed by atoms with E-state index in [2.05, 4.69) is 4.74 Å². The van der Waals surface area contributed by atoms with E-state index in [1.165, 1.54) is 12.1 Å². The van der Waals surface area contributed by atoms with Crippen LogP contribution < -0.4 is 10.2 Å². The van der Waals surface area contributed by atoms with Crippen LogP contribution in [0.15, 0.2) is 18.2 Å². The third-order valence-corrected chi connectivity index (χ3v) is 1.99. The van der Waals surface area contributed by atoms with Crippen LogP contribution in [0.3, 0.4) is 0 Å². The molecule has 1 aromatic carbocycles. The Kier molecular flexibility index (Phi) is 3.82. The first kappa shape index (κ1) is 12.9. The molecule has 0 fully saturated rings. The molecule has 2 N–H and O–H groups in total. The Morgan fingerprint density at radius 3 is 2.38 bits per heavy atom. The lowest BCUT2D eigenvalue weighted by molar-refractivity contribution is -0.274. The van der Waals surface area contributed by atoms with Crippen molar-refractivity contribution in [3.8, 4) is 5.75 Å². The van der Waals surface area contributed by atoms with E-state index in [4.69, 9.17) is 10.0 Å². The maximum Gasteiger partial charge on any atom is 0.573 e. The molecule has 1 rings (SSSR count). The molecule has 0 aromatic heterocycles. The summed E-state index contributed by atoms with van der Waals surface area (Å²) in [5.41, 5.74) is 0.304. The second-order valence-corrected chi connectivity index (χ2v) is 3.15. The van der Waals surface area contributed by atoms with E-state index in [1.54, 1.807) is 6.92 Å². The predicted molar refractivity (Wildman–Crippen MR) is 52.3 cm³/mol. The summed E-state index contributed by atoms with van der Waals surface area (Å²) in [6, 6.07) is 3.85. The molecule has 0 bridgehead atoms. The van der Waals surface area contributed by atoms with Gasteiger partial charge < -0.3 is 14.8 Å². The highest BCUT2D eigenvalue weighted by atomic mass is 19.4. The lowest BCUT2D eigenvalue weighted by atomic mass is 9.79. The highest BCUT2D eigenvalue weighted by molar-refractivity contribution is 6.59. The summed E-state index contributed by atoms with van der Waals surface area (Å²) in [5.74, 6) is -0.582.